The van der Waals surface area contributed by atoms with Crippen molar-refractivity contribution in [2.45, 2.75) is 13.0 Å². The highest BCUT2D eigenvalue weighted by molar-refractivity contribution is 5.78. The van der Waals surface area contributed by atoms with Crippen LogP contribution in [0.2, 0.25) is 0 Å². The molecule has 1 amide bonds. The van der Waals surface area contributed by atoms with Crippen LogP contribution in [-0.4, -0.2) is 37.2 Å². The van der Waals surface area contributed by atoms with Crippen molar-refractivity contribution in [3.05, 3.63) is 82.9 Å². The van der Waals surface area contributed by atoms with E-state index in [0.717, 1.165) is 16.1 Å². The molecule has 8 heteroatoms. The highest BCUT2D eigenvalue weighted by atomic mass is 16.2. The number of hydrogen-bond acceptors (Lipinski definition) is 5. The Morgan fingerprint density at radius 2 is 1.79 bits per heavy atom. The molecule has 2 heterocycles. The number of para-hydroxylation sites is 1. The molecule has 4 aromatic rings. The first kappa shape index (κ1) is 17.6. The second kappa shape index (κ2) is 7.83. The van der Waals surface area contributed by atoms with Gasteiger partial charge in [0.1, 0.15) is 12.1 Å². The number of carbonyl (C=O) groups excluding carboxylic acids is 1. The third-order valence-corrected chi connectivity index (χ3v) is 4.29. The molecule has 0 unspecified atom stereocenters. The van der Waals surface area contributed by atoms with Crippen molar-refractivity contribution in [3.8, 4) is 5.69 Å². The van der Waals surface area contributed by atoms with E-state index in [1.165, 1.54) is 0 Å². The molecule has 2 aromatic heterocycles. The molecule has 0 spiro atoms. The van der Waals surface area contributed by atoms with Crippen LogP contribution in [0.15, 0.2) is 71.7 Å². The van der Waals surface area contributed by atoms with Gasteiger partial charge < -0.3 is 5.32 Å². The molecule has 0 radical (unpaired) electrons. The average Bonchev–Trinajstić information content (AvgIpc) is 3.20. The highest BCUT2D eigenvalue weighted by Crippen LogP contribution is 2.07. The van der Waals surface area contributed by atoms with Crippen LogP contribution in [0.5, 0.6) is 0 Å². The van der Waals surface area contributed by atoms with E-state index in [1.54, 1.807) is 28.9 Å². The van der Waals surface area contributed by atoms with Crippen molar-refractivity contribution >= 4 is 16.8 Å². The molecule has 0 atom stereocenters. The Bertz CT molecular complexity index is 1170. The molecule has 2 aromatic carbocycles. The third-order valence-electron chi connectivity index (χ3n) is 4.29. The van der Waals surface area contributed by atoms with E-state index in [2.05, 4.69) is 20.7 Å². The highest BCUT2D eigenvalue weighted by Gasteiger charge is 2.09. The predicted octanol–water partition coefficient (Wildman–Crippen LogP) is 1.34. The standard InChI is InChI=1S/C20H18N6O2/c27-19(14-26-20(28)17-8-4-5-9-18(17)22-24-26)21-12-10-15-11-13-25(23-15)16-6-2-1-3-7-16/h1-9,11,13H,10,12,14H2,(H,21,27). The van der Waals surface area contributed by atoms with Gasteiger partial charge in [0.15, 0.2) is 0 Å². The zero-order valence-corrected chi connectivity index (χ0v) is 15.0. The van der Waals surface area contributed by atoms with Gasteiger partial charge in [-0.3, -0.25) is 9.59 Å². The van der Waals surface area contributed by atoms with Gasteiger partial charge in [0, 0.05) is 19.2 Å². The van der Waals surface area contributed by atoms with Crippen LogP contribution in [0.1, 0.15) is 5.69 Å². The van der Waals surface area contributed by atoms with Crippen LogP contribution < -0.4 is 10.9 Å². The maximum Gasteiger partial charge on any atom is 0.278 e. The van der Waals surface area contributed by atoms with E-state index in [1.807, 2.05) is 42.6 Å². The smallest absolute Gasteiger partial charge is 0.278 e. The molecule has 28 heavy (non-hydrogen) atoms. The molecule has 140 valence electrons. The Labute approximate surface area is 160 Å². The van der Waals surface area contributed by atoms with Crippen LogP contribution in [0.4, 0.5) is 0 Å². The van der Waals surface area contributed by atoms with Gasteiger partial charge in [0.2, 0.25) is 5.91 Å². The van der Waals surface area contributed by atoms with E-state index < -0.39 is 0 Å². The molecule has 0 saturated carbocycles. The summed E-state index contributed by atoms with van der Waals surface area (Å²) in [6.45, 7) is 0.246. The Balaban J connectivity index is 1.34. The minimum absolute atomic E-state index is 0.172. The molecule has 0 bridgehead atoms. The first-order chi connectivity index (χ1) is 13.7. The average molecular weight is 374 g/mol. The lowest BCUT2D eigenvalue weighted by Gasteiger charge is -2.06. The van der Waals surface area contributed by atoms with Gasteiger partial charge in [-0.1, -0.05) is 35.5 Å². The normalized spacial score (nSPS) is 10.9. The van der Waals surface area contributed by atoms with Crippen molar-refractivity contribution in [3.63, 3.8) is 0 Å². The minimum atomic E-state index is -0.331. The third kappa shape index (κ3) is 3.80. The van der Waals surface area contributed by atoms with Crippen molar-refractivity contribution in [2.24, 2.45) is 0 Å². The topological polar surface area (TPSA) is 94.7 Å². The van der Waals surface area contributed by atoms with Gasteiger partial charge in [-0.2, -0.15) is 5.10 Å². The maximum absolute atomic E-state index is 12.4. The first-order valence-corrected chi connectivity index (χ1v) is 8.90. The summed E-state index contributed by atoms with van der Waals surface area (Å²) in [6.07, 6.45) is 2.47. The quantitative estimate of drug-likeness (QED) is 0.550. The van der Waals surface area contributed by atoms with Crippen molar-refractivity contribution < 1.29 is 4.79 Å². The Morgan fingerprint density at radius 3 is 2.64 bits per heavy atom. The largest absolute Gasteiger partial charge is 0.354 e. The Hall–Kier alpha value is -3.81. The van der Waals surface area contributed by atoms with Gasteiger partial charge in [0.25, 0.3) is 5.56 Å². The van der Waals surface area contributed by atoms with Crippen LogP contribution in [0, 0.1) is 0 Å². The lowest BCUT2D eigenvalue weighted by molar-refractivity contribution is -0.121. The van der Waals surface area contributed by atoms with E-state index in [0.29, 0.717) is 23.9 Å². The van der Waals surface area contributed by atoms with Gasteiger partial charge >= 0.3 is 0 Å². The predicted molar refractivity (Wildman–Crippen MR) is 104 cm³/mol. The number of carbonyl (C=O) groups is 1. The molecular weight excluding hydrogens is 356 g/mol. The molecular formula is C20H18N6O2. The summed E-state index contributed by atoms with van der Waals surface area (Å²) in [7, 11) is 0. The fourth-order valence-electron chi connectivity index (χ4n) is 2.87. The second-order valence-electron chi connectivity index (χ2n) is 6.26. The summed E-state index contributed by atoms with van der Waals surface area (Å²) in [5.41, 5.74) is 2.03. The van der Waals surface area contributed by atoms with Crippen molar-refractivity contribution in [2.75, 3.05) is 6.54 Å². The SMILES string of the molecule is O=C(Cn1nnc2ccccc2c1=O)NCCc1ccn(-c2ccccc2)n1. The molecule has 0 aliphatic carbocycles. The zero-order chi connectivity index (χ0) is 19.3. The van der Waals surface area contributed by atoms with Crippen LogP contribution in [0.3, 0.4) is 0 Å². The van der Waals surface area contributed by atoms with Crippen LogP contribution >= 0.6 is 0 Å². The van der Waals surface area contributed by atoms with Gasteiger partial charge in [-0.25, -0.2) is 9.36 Å². The van der Waals surface area contributed by atoms with Gasteiger partial charge in [-0.05, 0) is 30.3 Å². The van der Waals surface area contributed by atoms with Crippen LogP contribution in [0.25, 0.3) is 16.6 Å². The first-order valence-electron chi connectivity index (χ1n) is 8.90. The number of fused-ring (bicyclic) bond motifs is 1. The lowest BCUT2D eigenvalue weighted by Crippen LogP contribution is -2.35. The number of amides is 1. The summed E-state index contributed by atoms with van der Waals surface area (Å²) >= 11 is 0. The van der Waals surface area contributed by atoms with E-state index >= 15 is 0 Å². The molecule has 4 rings (SSSR count). The summed E-state index contributed by atoms with van der Waals surface area (Å²) in [5.74, 6) is -0.297. The molecule has 0 fully saturated rings. The lowest BCUT2D eigenvalue weighted by atomic mass is 10.2. The monoisotopic (exact) mass is 374 g/mol. The van der Waals surface area contributed by atoms with E-state index in [-0.39, 0.29) is 18.0 Å². The summed E-state index contributed by atoms with van der Waals surface area (Å²) in [5, 5.41) is 15.5. The second-order valence-corrected chi connectivity index (χ2v) is 6.26. The summed E-state index contributed by atoms with van der Waals surface area (Å²) in [4.78, 5) is 24.5. The zero-order valence-electron chi connectivity index (χ0n) is 15.0. The Kier molecular flexibility index (Phi) is 4.92. The molecule has 0 aliphatic heterocycles. The van der Waals surface area contributed by atoms with E-state index in [9.17, 15) is 9.59 Å². The van der Waals surface area contributed by atoms with Gasteiger partial charge in [0.05, 0.1) is 16.8 Å². The molecule has 1 N–H and O–H groups in total. The molecule has 0 aliphatic rings. The van der Waals surface area contributed by atoms with Crippen molar-refractivity contribution in [1.82, 2.24) is 30.1 Å². The maximum atomic E-state index is 12.4. The number of benzene rings is 2. The number of nitrogens with one attached hydrogen (secondary N) is 1. The molecule has 0 saturated heterocycles. The summed E-state index contributed by atoms with van der Waals surface area (Å²) < 4.78 is 2.86. The number of rotatable bonds is 6. The minimum Gasteiger partial charge on any atom is -0.354 e. The molecule has 8 nitrogen and oxygen atoms in total. The number of hydrogen-bond donors (Lipinski definition) is 1. The Morgan fingerprint density at radius 1 is 1.00 bits per heavy atom. The fourth-order valence-corrected chi connectivity index (χ4v) is 2.87. The van der Waals surface area contributed by atoms with Crippen molar-refractivity contribution in [1.29, 1.82) is 0 Å². The number of aromatic nitrogens is 5. The van der Waals surface area contributed by atoms with Crippen LogP contribution in [-0.2, 0) is 17.8 Å². The fraction of sp³-hybridized carbons (Fsp3) is 0.150. The summed E-state index contributed by atoms with van der Waals surface area (Å²) in [6, 6.07) is 18.6. The van der Waals surface area contributed by atoms with Gasteiger partial charge in [-0.15, -0.1) is 5.10 Å². The number of nitrogens with zero attached hydrogens (tertiary/aromatic N) is 5. The van der Waals surface area contributed by atoms with E-state index in [4.69, 9.17) is 0 Å².